The summed E-state index contributed by atoms with van der Waals surface area (Å²) in [4.78, 5) is 13.1. The van der Waals surface area contributed by atoms with E-state index in [-0.39, 0.29) is 5.91 Å². The fraction of sp³-hybridized carbons (Fsp3) is 0.353. The van der Waals surface area contributed by atoms with E-state index in [2.05, 4.69) is 54.4 Å². The summed E-state index contributed by atoms with van der Waals surface area (Å²) in [7, 11) is 2.08. The van der Waals surface area contributed by atoms with Crippen LogP contribution in [0, 0.1) is 0 Å². The molecule has 2 aromatic rings. The molecule has 0 aliphatic heterocycles. The second-order valence-corrected chi connectivity index (χ2v) is 5.41. The van der Waals surface area contributed by atoms with Crippen molar-refractivity contribution in [3.05, 3.63) is 48.0 Å². The Labute approximate surface area is 125 Å². The first-order chi connectivity index (χ1) is 10.2. The third kappa shape index (κ3) is 4.85. The molecule has 0 aliphatic rings. The highest BCUT2D eigenvalue weighted by atomic mass is 16.5. The number of benzene rings is 2. The van der Waals surface area contributed by atoms with Gasteiger partial charge in [-0.05, 0) is 48.8 Å². The second kappa shape index (κ2) is 7.76. The summed E-state index contributed by atoms with van der Waals surface area (Å²) in [6.45, 7) is 1.84. The molecule has 2 aromatic carbocycles. The van der Waals surface area contributed by atoms with Crippen molar-refractivity contribution in [2.24, 2.45) is 0 Å². The molecule has 2 rings (SSSR count). The van der Waals surface area contributed by atoms with Crippen LogP contribution < -0.4 is 5.48 Å². The Bertz CT molecular complexity index is 598. The van der Waals surface area contributed by atoms with E-state index in [4.69, 9.17) is 5.21 Å². The SMILES string of the molecule is CN(CCCCC(=O)NO)Cc1ccc2ccccc2c1. The van der Waals surface area contributed by atoms with Gasteiger partial charge in [-0.1, -0.05) is 36.4 Å². The molecule has 0 aromatic heterocycles. The van der Waals surface area contributed by atoms with E-state index >= 15 is 0 Å². The van der Waals surface area contributed by atoms with Gasteiger partial charge in [-0.15, -0.1) is 0 Å². The van der Waals surface area contributed by atoms with Gasteiger partial charge in [0, 0.05) is 13.0 Å². The molecule has 4 nitrogen and oxygen atoms in total. The van der Waals surface area contributed by atoms with Crippen molar-refractivity contribution in [3.8, 4) is 0 Å². The second-order valence-electron chi connectivity index (χ2n) is 5.41. The summed E-state index contributed by atoms with van der Waals surface area (Å²) in [6.07, 6.45) is 2.10. The van der Waals surface area contributed by atoms with Crippen LogP contribution in [0.1, 0.15) is 24.8 Å². The van der Waals surface area contributed by atoms with E-state index in [1.807, 2.05) is 0 Å². The lowest BCUT2D eigenvalue weighted by Crippen LogP contribution is -2.21. The average molecular weight is 286 g/mol. The van der Waals surface area contributed by atoms with Gasteiger partial charge in [-0.2, -0.15) is 0 Å². The molecule has 0 saturated heterocycles. The zero-order chi connectivity index (χ0) is 15.1. The zero-order valence-electron chi connectivity index (χ0n) is 12.4. The van der Waals surface area contributed by atoms with Gasteiger partial charge in [0.15, 0.2) is 0 Å². The molecular formula is C17H22N2O2. The lowest BCUT2D eigenvalue weighted by Gasteiger charge is -2.16. The summed E-state index contributed by atoms with van der Waals surface area (Å²) in [5, 5.41) is 10.9. The molecule has 21 heavy (non-hydrogen) atoms. The highest BCUT2D eigenvalue weighted by Crippen LogP contribution is 2.16. The van der Waals surface area contributed by atoms with E-state index in [1.165, 1.54) is 16.3 Å². The van der Waals surface area contributed by atoms with E-state index in [0.29, 0.717) is 6.42 Å². The molecule has 0 aliphatic carbocycles. The number of unbranched alkanes of at least 4 members (excludes halogenated alkanes) is 1. The first-order valence-corrected chi connectivity index (χ1v) is 7.28. The van der Waals surface area contributed by atoms with Gasteiger partial charge in [-0.25, -0.2) is 5.48 Å². The monoisotopic (exact) mass is 286 g/mol. The van der Waals surface area contributed by atoms with Crippen LogP contribution in [0.25, 0.3) is 10.8 Å². The van der Waals surface area contributed by atoms with E-state index in [0.717, 1.165) is 25.9 Å². The topological polar surface area (TPSA) is 52.6 Å². The normalized spacial score (nSPS) is 11.0. The molecule has 0 fully saturated rings. The summed E-state index contributed by atoms with van der Waals surface area (Å²) in [6, 6.07) is 14.9. The lowest BCUT2D eigenvalue weighted by atomic mass is 10.1. The maximum absolute atomic E-state index is 10.9. The van der Waals surface area contributed by atoms with Crippen LogP contribution in [0.15, 0.2) is 42.5 Å². The van der Waals surface area contributed by atoms with Crippen molar-refractivity contribution in [2.75, 3.05) is 13.6 Å². The predicted octanol–water partition coefficient (Wildman–Crippen LogP) is 2.95. The van der Waals surface area contributed by atoms with Gasteiger partial charge in [0.1, 0.15) is 0 Å². The Morgan fingerprint density at radius 2 is 1.90 bits per heavy atom. The summed E-state index contributed by atoms with van der Waals surface area (Å²) in [5.74, 6) is -0.313. The van der Waals surface area contributed by atoms with Crippen LogP contribution in [0.3, 0.4) is 0 Å². The van der Waals surface area contributed by atoms with Gasteiger partial charge in [-0.3, -0.25) is 10.0 Å². The number of amides is 1. The number of hydrogen-bond donors (Lipinski definition) is 2. The Hall–Kier alpha value is -1.91. The van der Waals surface area contributed by atoms with Gasteiger partial charge in [0.25, 0.3) is 0 Å². The van der Waals surface area contributed by atoms with Crippen molar-refractivity contribution < 1.29 is 10.0 Å². The minimum atomic E-state index is -0.313. The van der Waals surface area contributed by atoms with Crippen LogP contribution >= 0.6 is 0 Å². The molecule has 0 radical (unpaired) electrons. The van der Waals surface area contributed by atoms with Crippen LogP contribution in [0.4, 0.5) is 0 Å². The van der Waals surface area contributed by atoms with Crippen LogP contribution in [0.2, 0.25) is 0 Å². The first kappa shape index (κ1) is 15.5. The van der Waals surface area contributed by atoms with Crippen LogP contribution in [-0.4, -0.2) is 29.6 Å². The zero-order valence-corrected chi connectivity index (χ0v) is 12.4. The molecule has 0 saturated carbocycles. The Morgan fingerprint density at radius 3 is 2.67 bits per heavy atom. The van der Waals surface area contributed by atoms with Crippen LogP contribution in [0.5, 0.6) is 0 Å². The number of rotatable bonds is 7. The quantitative estimate of drug-likeness (QED) is 0.467. The average Bonchev–Trinajstić information content (AvgIpc) is 2.51. The summed E-state index contributed by atoms with van der Waals surface area (Å²) >= 11 is 0. The molecule has 0 unspecified atom stereocenters. The number of nitrogens with zero attached hydrogens (tertiary/aromatic N) is 1. The van der Waals surface area contributed by atoms with Gasteiger partial charge >= 0.3 is 0 Å². The smallest absolute Gasteiger partial charge is 0.243 e. The van der Waals surface area contributed by atoms with E-state index in [1.54, 1.807) is 5.48 Å². The van der Waals surface area contributed by atoms with Crippen molar-refractivity contribution in [2.45, 2.75) is 25.8 Å². The molecular weight excluding hydrogens is 264 g/mol. The Morgan fingerprint density at radius 1 is 1.14 bits per heavy atom. The third-order valence-electron chi connectivity index (χ3n) is 3.58. The summed E-state index contributed by atoms with van der Waals surface area (Å²) < 4.78 is 0. The standard InChI is InChI=1S/C17H22N2O2/c1-19(11-5-4-8-17(20)18-21)13-14-9-10-15-6-2-3-7-16(15)12-14/h2-3,6-7,9-10,12,21H,4-5,8,11,13H2,1H3,(H,18,20). The fourth-order valence-corrected chi connectivity index (χ4v) is 2.45. The number of nitrogens with one attached hydrogen (secondary N) is 1. The largest absolute Gasteiger partial charge is 0.302 e. The number of carbonyl (C=O) groups excluding carboxylic acids is 1. The molecule has 0 heterocycles. The molecule has 4 heteroatoms. The van der Waals surface area contributed by atoms with Crippen molar-refractivity contribution in [3.63, 3.8) is 0 Å². The predicted molar refractivity (Wildman–Crippen MR) is 84.1 cm³/mol. The number of hydroxylamine groups is 1. The number of hydrogen-bond acceptors (Lipinski definition) is 3. The van der Waals surface area contributed by atoms with E-state index in [9.17, 15) is 4.79 Å². The highest BCUT2D eigenvalue weighted by molar-refractivity contribution is 5.82. The minimum Gasteiger partial charge on any atom is -0.302 e. The first-order valence-electron chi connectivity index (χ1n) is 7.28. The van der Waals surface area contributed by atoms with E-state index < -0.39 is 0 Å². The van der Waals surface area contributed by atoms with Crippen molar-refractivity contribution >= 4 is 16.7 Å². The third-order valence-corrected chi connectivity index (χ3v) is 3.58. The Kier molecular flexibility index (Phi) is 5.72. The van der Waals surface area contributed by atoms with Crippen molar-refractivity contribution in [1.82, 2.24) is 10.4 Å². The molecule has 0 spiro atoms. The fourth-order valence-electron chi connectivity index (χ4n) is 2.45. The van der Waals surface area contributed by atoms with Gasteiger partial charge < -0.3 is 4.90 Å². The molecule has 2 N–H and O–H groups in total. The van der Waals surface area contributed by atoms with Crippen LogP contribution in [-0.2, 0) is 11.3 Å². The maximum atomic E-state index is 10.9. The molecule has 0 bridgehead atoms. The maximum Gasteiger partial charge on any atom is 0.243 e. The highest BCUT2D eigenvalue weighted by Gasteiger charge is 2.03. The summed E-state index contributed by atoms with van der Waals surface area (Å²) in [5.41, 5.74) is 2.95. The molecule has 0 atom stereocenters. The molecule has 112 valence electrons. The Balaban J connectivity index is 1.81. The molecule has 1 amide bonds. The van der Waals surface area contributed by atoms with Gasteiger partial charge in [0.2, 0.25) is 5.91 Å². The van der Waals surface area contributed by atoms with Gasteiger partial charge in [0.05, 0.1) is 0 Å². The number of fused-ring (bicyclic) bond motifs is 1. The number of carbonyl (C=O) groups is 1. The minimum absolute atomic E-state index is 0.313. The van der Waals surface area contributed by atoms with Crippen molar-refractivity contribution in [1.29, 1.82) is 0 Å². The lowest BCUT2D eigenvalue weighted by molar-refractivity contribution is -0.129.